The van der Waals surface area contributed by atoms with E-state index < -0.39 is 0 Å². The van der Waals surface area contributed by atoms with Crippen LogP contribution in [0.2, 0.25) is 0 Å². The summed E-state index contributed by atoms with van der Waals surface area (Å²) in [6.07, 6.45) is 5.08. The fourth-order valence-electron chi connectivity index (χ4n) is 0.715. The van der Waals surface area contributed by atoms with E-state index >= 15 is 0 Å². The molecule has 0 heterocycles. The van der Waals surface area contributed by atoms with Crippen molar-refractivity contribution in [2.45, 2.75) is 0 Å². The summed E-state index contributed by atoms with van der Waals surface area (Å²) in [4.78, 5) is 0. The summed E-state index contributed by atoms with van der Waals surface area (Å²) in [5.41, 5.74) is 0. The average molecular weight is 337 g/mol. The molecular formula is C9H6BrIO. The fourth-order valence-corrected chi connectivity index (χ4v) is 1.58. The minimum atomic E-state index is 0.312. The molecule has 0 fully saturated rings. The van der Waals surface area contributed by atoms with Crippen molar-refractivity contribution in [1.82, 2.24) is 0 Å². The average Bonchev–Trinajstić information content (AvgIpc) is 2.08. The molecule has 62 valence electrons. The van der Waals surface area contributed by atoms with E-state index in [0.717, 1.165) is 13.8 Å². The van der Waals surface area contributed by atoms with E-state index in [9.17, 15) is 0 Å². The van der Waals surface area contributed by atoms with E-state index in [4.69, 9.17) is 11.2 Å². The van der Waals surface area contributed by atoms with Crippen LogP contribution in [0, 0.1) is 15.9 Å². The molecule has 0 bridgehead atoms. The van der Waals surface area contributed by atoms with Gasteiger partial charge in [-0.3, -0.25) is 0 Å². The van der Waals surface area contributed by atoms with Gasteiger partial charge in [-0.25, -0.2) is 0 Å². The summed E-state index contributed by atoms with van der Waals surface area (Å²) >= 11 is 5.60. The fraction of sp³-hybridized carbons (Fsp3) is 0.111. The summed E-state index contributed by atoms with van der Waals surface area (Å²) in [6, 6.07) is 5.77. The van der Waals surface area contributed by atoms with Gasteiger partial charge in [0.05, 0.1) is 3.57 Å². The van der Waals surface area contributed by atoms with Crippen LogP contribution in [0.15, 0.2) is 22.7 Å². The summed E-state index contributed by atoms with van der Waals surface area (Å²) in [7, 11) is 0. The molecule has 3 heteroatoms. The van der Waals surface area contributed by atoms with Crippen molar-refractivity contribution in [1.29, 1.82) is 0 Å². The first-order valence-corrected chi connectivity index (χ1v) is 5.13. The predicted molar refractivity (Wildman–Crippen MR) is 61.2 cm³/mol. The Morgan fingerprint density at radius 2 is 2.33 bits per heavy atom. The number of benzene rings is 1. The highest BCUT2D eigenvalue weighted by atomic mass is 127. The molecule has 1 rings (SSSR count). The number of halogens is 2. The molecule has 12 heavy (non-hydrogen) atoms. The van der Waals surface area contributed by atoms with E-state index in [1.54, 1.807) is 0 Å². The lowest BCUT2D eigenvalue weighted by Crippen LogP contribution is -1.95. The molecule has 0 spiro atoms. The highest BCUT2D eigenvalue weighted by Gasteiger charge is 2.02. The van der Waals surface area contributed by atoms with Crippen LogP contribution in [0.25, 0.3) is 0 Å². The number of terminal acetylenes is 1. The predicted octanol–water partition coefficient (Wildman–Crippen LogP) is 3.07. The minimum absolute atomic E-state index is 0.312. The molecule has 0 aromatic heterocycles. The third-order valence-corrected chi connectivity index (χ3v) is 3.74. The van der Waals surface area contributed by atoms with Gasteiger partial charge in [-0.05, 0) is 50.7 Å². The second kappa shape index (κ2) is 4.73. The van der Waals surface area contributed by atoms with Gasteiger partial charge in [-0.2, -0.15) is 0 Å². The van der Waals surface area contributed by atoms with E-state index in [1.165, 1.54) is 0 Å². The lowest BCUT2D eigenvalue weighted by Gasteiger charge is -2.05. The maximum atomic E-state index is 5.29. The normalized spacial score (nSPS) is 9.08. The van der Waals surface area contributed by atoms with Crippen LogP contribution >= 0.6 is 38.5 Å². The Balaban J connectivity index is 2.86. The zero-order chi connectivity index (χ0) is 8.97. The van der Waals surface area contributed by atoms with Gasteiger partial charge in [-0.1, -0.05) is 12.0 Å². The molecule has 0 radical (unpaired) electrons. The van der Waals surface area contributed by atoms with Gasteiger partial charge in [-0.15, -0.1) is 6.42 Å². The van der Waals surface area contributed by atoms with Gasteiger partial charge in [0.1, 0.15) is 12.4 Å². The van der Waals surface area contributed by atoms with Crippen molar-refractivity contribution in [3.8, 4) is 18.1 Å². The molecule has 0 atom stereocenters. The lowest BCUT2D eigenvalue weighted by atomic mass is 10.3. The molecule has 0 unspecified atom stereocenters. The highest BCUT2D eigenvalue weighted by Crippen LogP contribution is 2.27. The van der Waals surface area contributed by atoms with Crippen LogP contribution in [0.5, 0.6) is 5.75 Å². The smallest absolute Gasteiger partial charge is 0.148 e. The molecular weight excluding hydrogens is 331 g/mol. The second-order valence-corrected chi connectivity index (χ2v) is 3.98. The first kappa shape index (κ1) is 9.87. The van der Waals surface area contributed by atoms with Crippen molar-refractivity contribution in [3.63, 3.8) is 0 Å². The molecule has 0 N–H and O–H groups in total. The molecule has 0 amide bonds. The number of hydrogen-bond donors (Lipinski definition) is 0. The van der Waals surface area contributed by atoms with E-state index in [2.05, 4.69) is 44.4 Å². The topological polar surface area (TPSA) is 9.23 Å². The number of rotatable bonds is 2. The Morgan fingerprint density at radius 1 is 1.58 bits per heavy atom. The summed E-state index contributed by atoms with van der Waals surface area (Å²) < 4.78 is 7.37. The standard InChI is InChI=1S/C9H6BrIO/c1-2-6-12-8-5-3-4-7(10)9(8)11/h1,3-5H,6H2. The molecule has 0 saturated heterocycles. The van der Waals surface area contributed by atoms with E-state index in [1.807, 2.05) is 18.2 Å². The van der Waals surface area contributed by atoms with E-state index in [0.29, 0.717) is 6.61 Å². The van der Waals surface area contributed by atoms with Gasteiger partial charge < -0.3 is 4.74 Å². The number of ether oxygens (including phenoxy) is 1. The SMILES string of the molecule is C#CCOc1cccc(Br)c1I. The lowest BCUT2D eigenvalue weighted by molar-refractivity contribution is 0.367. The summed E-state index contributed by atoms with van der Waals surface area (Å²) in [5, 5.41) is 0. The van der Waals surface area contributed by atoms with Gasteiger partial charge in [0.2, 0.25) is 0 Å². The van der Waals surface area contributed by atoms with Crippen LogP contribution in [-0.2, 0) is 0 Å². The number of hydrogen-bond acceptors (Lipinski definition) is 1. The highest BCUT2D eigenvalue weighted by molar-refractivity contribution is 14.1. The van der Waals surface area contributed by atoms with E-state index in [-0.39, 0.29) is 0 Å². The first-order chi connectivity index (χ1) is 5.75. The third kappa shape index (κ3) is 2.39. The van der Waals surface area contributed by atoms with Gasteiger partial charge in [0.25, 0.3) is 0 Å². The van der Waals surface area contributed by atoms with Crippen LogP contribution < -0.4 is 4.74 Å². The zero-order valence-electron chi connectivity index (χ0n) is 6.18. The van der Waals surface area contributed by atoms with Gasteiger partial charge >= 0.3 is 0 Å². The van der Waals surface area contributed by atoms with Crippen molar-refractivity contribution in [2.75, 3.05) is 6.61 Å². The molecule has 0 aliphatic rings. The summed E-state index contributed by atoms with van der Waals surface area (Å²) in [6.45, 7) is 0.312. The summed E-state index contributed by atoms with van der Waals surface area (Å²) in [5.74, 6) is 3.24. The molecule has 0 aliphatic carbocycles. The molecule has 1 aromatic rings. The maximum Gasteiger partial charge on any atom is 0.148 e. The largest absolute Gasteiger partial charge is 0.480 e. The minimum Gasteiger partial charge on any atom is -0.480 e. The van der Waals surface area contributed by atoms with Gasteiger partial charge in [0.15, 0.2) is 0 Å². The molecule has 0 saturated carbocycles. The van der Waals surface area contributed by atoms with Crippen molar-refractivity contribution in [2.24, 2.45) is 0 Å². The van der Waals surface area contributed by atoms with Crippen molar-refractivity contribution < 1.29 is 4.74 Å². The Hall–Kier alpha value is -0.210. The Labute approximate surface area is 93.8 Å². The molecule has 1 nitrogen and oxygen atoms in total. The Morgan fingerprint density at radius 3 is 3.00 bits per heavy atom. The van der Waals surface area contributed by atoms with Crippen LogP contribution in [0.3, 0.4) is 0 Å². The second-order valence-electron chi connectivity index (χ2n) is 2.04. The maximum absolute atomic E-state index is 5.29. The zero-order valence-corrected chi connectivity index (χ0v) is 9.92. The first-order valence-electron chi connectivity index (χ1n) is 3.26. The van der Waals surface area contributed by atoms with Crippen LogP contribution in [-0.4, -0.2) is 6.61 Å². The quantitative estimate of drug-likeness (QED) is 0.596. The Bertz CT molecular complexity index is 317. The molecule has 0 aliphatic heterocycles. The van der Waals surface area contributed by atoms with Gasteiger partial charge in [0, 0.05) is 4.47 Å². The third-order valence-electron chi connectivity index (χ3n) is 1.23. The molecule has 1 aromatic carbocycles. The van der Waals surface area contributed by atoms with Crippen LogP contribution in [0.1, 0.15) is 0 Å². The Kier molecular flexibility index (Phi) is 3.89. The van der Waals surface area contributed by atoms with Crippen molar-refractivity contribution >= 4 is 38.5 Å². The van der Waals surface area contributed by atoms with Crippen LogP contribution in [0.4, 0.5) is 0 Å². The monoisotopic (exact) mass is 336 g/mol. The van der Waals surface area contributed by atoms with Crippen molar-refractivity contribution in [3.05, 3.63) is 26.2 Å².